The van der Waals surface area contributed by atoms with Crippen LogP contribution < -0.4 is 5.73 Å². The van der Waals surface area contributed by atoms with E-state index in [-0.39, 0.29) is 5.82 Å². The molecule has 0 atom stereocenters. The first-order valence-corrected chi connectivity index (χ1v) is 5.11. The number of carboxylic acid groups (broad SMARTS) is 1. The van der Waals surface area contributed by atoms with Gasteiger partial charge in [-0.3, -0.25) is 0 Å². The van der Waals surface area contributed by atoms with Gasteiger partial charge >= 0.3 is 5.97 Å². The highest BCUT2D eigenvalue weighted by Crippen LogP contribution is 2.24. The molecule has 6 heteroatoms. The van der Waals surface area contributed by atoms with Crippen molar-refractivity contribution in [3.63, 3.8) is 0 Å². The molecule has 0 saturated heterocycles. The summed E-state index contributed by atoms with van der Waals surface area (Å²) in [6.45, 7) is 1.73. The summed E-state index contributed by atoms with van der Waals surface area (Å²) in [5.74, 6) is -1.98. The van der Waals surface area contributed by atoms with Crippen molar-refractivity contribution in [2.75, 3.05) is 5.73 Å². The molecule has 0 fully saturated rings. The molecular formula is C12H10FN3O2. The molecule has 3 N–H and O–H groups in total. The molecule has 0 unspecified atom stereocenters. The third-order valence-corrected chi connectivity index (χ3v) is 2.39. The summed E-state index contributed by atoms with van der Waals surface area (Å²) in [6, 6.07) is 3.71. The van der Waals surface area contributed by atoms with Crippen LogP contribution in [0.4, 0.5) is 10.2 Å². The van der Waals surface area contributed by atoms with Crippen molar-refractivity contribution in [1.29, 1.82) is 0 Å². The van der Waals surface area contributed by atoms with E-state index in [0.29, 0.717) is 17.0 Å². The van der Waals surface area contributed by atoms with E-state index in [1.165, 1.54) is 18.3 Å². The second-order valence-electron chi connectivity index (χ2n) is 3.75. The Hall–Kier alpha value is -2.50. The minimum absolute atomic E-state index is 0.170. The maximum absolute atomic E-state index is 13.5. The number of hydrogen-bond donors (Lipinski definition) is 2. The molecule has 1 aromatic heterocycles. The molecule has 0 aliphatic heterocycles. The van der Waals surface area contributed by atoms with Crippen LogP contribution >= 0.6 is 0 Å². The van der Waals surface area contributed by atoms with Gasteiger partial charge in [-0.15, -0.1) is 0 Å². The lowest BCUT2D eigenvalue weighted by molar-refractivity contribution is 0.0692. The van der Waals surface area contributed by atoms with Crippen LogP contribution in [0.25, 0.3) is 11.3 Å². The number of nitrogen functional groups attached to an aromatic ring is 1. The fraction of sp³-hybridized carbons (Fsp3) is 0.0833. The van der Waals surface area contributed by atoms with Crippen LogP contribution in [0.15, 0.2) is 24.4 Å². The number of aromatic carboxylic acids is 1. The lowest BCUT2D eigenvalue weighted by Crippen LogP contribution is -2.02. The molecule has 0 saturated carbocycles. The zero-order valence-electron chi connectivity index (χ0n) is 9.51. The van der Waals surface area contributed by atoms with Crippen molar-refractivity contribution in [1.82, 2.24) is 9.97 Å². The molecule has 0 spiro atoms. The first-order chi connectivity index (χ1) is 8.49. The Morgan fingerprint density at radius 2 is 2.17 bits per heavy atom. The maximum Gasteiger partial charge on any atom is 0.338 e. The molecule has 0 amide bonds. The van der Waals surface area contributed by atoms with E-state index in [1.807, 2.05) is 0 Å². The fourth-order valence-electron chi connectivity index (χ4n) is 1.53. The summed E-state index contributed by atoms with van der Waals surface area (Å²) in [5.41, 5.74) is 6.64. The Bertz CT molecular complexity index is 629. The molecule has 2 aromatic rings. The molecular weight excluding hydrogens is 237 g/mol. The first kappa shape index (κ1) is 12.0. The average Bonchev–Trinajstić information content (AvgIpc) is 2.31. The Morgan fingerprint density at radius 1 is 1.44 bits per heavy atom. The molecule has 18 heavy (non-hydrogen) atoms. The van der Waals surface area contributed by atoms with Gasteiger partial charge in [-0.1, -0.05) is 6.07 Å². The van der Waals surface area contributed by atoms with E-state index in [1.54, 1.807) is 6.92 Å². The van der Waals surface area contributed by atoms with Crippen LogP contribution in [0.2, 0.25) is 0 Å². The van der Waals surface area contributed by atoms with Crippen molar-refractivity contribution in [3.05, 3.63) is 41.5 Å². The van der Waals surface area contributed by atoms with Crippen LogP contribution in [-0.4, -0.2) is 21.0 Å². The highest BCUT2D eigenvalue weighted by Gasteiger charge is 2.13. The van der Waals surface area contributed by atoms with Crippen molar-refractivity contribution in [3.8, 4) is 11.3 Å². The normalized spacial score (nSPS) is 10.3. The number of aromatic nitrogens is 2. The van der Waals surface area contributed by atoms with Crippen molar-refractivity contribution >= 4 is 11.8 Å². The van der Waals surface area contributed by atoms with E-state index in [2.05, 4.69) is 9.97 Å². The monoisotopic (exact) mass is 247 g/mol. The fourth-order valence-corrected chi connectivity index (χ4v) is 1.53. The third-order valence-electron chi connectivity index (χ3n) is 2.39. The van der Waals surface area contributed by atoms with E-state index in [4.69, 9.17) is 10.8 Å². The quantitative estimate of drug-likeness (QED) is 0.845. The van der Waals surface area contributed by atoms with Crippen molar-refractivity contribution in [2.45, 2.75) is 6.92 Å². The molecule has 1 aromatic carbocycles. The molecule has 0 aliphatic carbocycles. The summed E-state index contributed by atoms with van der Waals surface area (Å²) in [4.78, 5) is 18.8. The number of hydrogen-bond acceptors (Lipinski definition) is 4. The van der Waals surface area contributed by atoms with Crippen molar-refractivity contribution in [2.24, 2.45) is 0 Å². The number of aryl methyl sites for hydroxylation is 1. The van der Waals surface area contributed by atoms with E-state index in [0.717, 1.165) is 6.07 Å². The largest absolute Gasteiger partial charge is 0.478 e. The number of benzene rings is 1. The first-order valence-electron chi connectivity index (χ1n) is 5.11. The summed E-state index contributed by atoms with van der Waals surface area (Å²) in [5, 5.41) is 8.73. The lowest BCUT2D eigenvalue weighted by Gasteiger charge is -2.06. The SMILES string of the molecule is Cc1cnc(N)c(-c2ccc(C(=O)O)c(F)c2)n1. The van der Waals surface area contributed by atoms with Gasteiger partial charge in [-0.2, -0.15) is 0 Å². The molecule has 92 valence electrons. The van der Waals surface area contributed by atoms with Crippen LogP contribution in [0.3, 0.4) is 0 Å². The molecule has 2 rings (SSSR count). The number of rotatable bonds is 2. The van der Waals surface area contributed by atoms with Gasteiger partial charge in [0.15, 0.2) is 0 Å². The van der Waals surface area contributed by atoms with E-state index in [9.17, 15) is 9.18 Å². The molecule has 0 bridgehead atoms. The Morgan fingerprint density at radius 3 is 2.78 bits per heavy atom. The minimum Gasteiger partial charge on any atom is -0.478 e. The summed E-state index contributed by atoms with van der Waals surface area (Å²) in [6.07, 6.45) is 1.50. The summed E-state index contributed by atoms with van der Waals surface area (Å²) < 4.78 is 13.5. The van der Waals surface area contributed by atoms with Gasteiger partial charge < -0.3 is 10.8 Å². The highest BCUT2D eigenvalue weighted by atomic mass is 19.1. The third kappa shape index (κ3) is 2.13. The van der Waals surface area contributed by atoms with Gasteiger partial charge in [0.25, 0.3) is 0 Å². The smallest absolute Gasteiger partial charge is 0.338 e. The zero-order chi connectivity index (χ0) is 13.3. The number of carboxylic acids is 1. The Balaban J connectivity index is 2.55. The predicted molar refractivity (Wildman–Crippen MR) is 63.5 cm³/mol. The second-order valence-corrected chi connectivity index (χ2v) is 3.75. The summed E-state index contributed by atoms with van der Waals surface area (Å²) in [7, 11) is 0. The molecule has 0 radical (unpaired) electrons. The standard InChI is InChI=1S/C12H10FN3O2/c1-6-5-15-11(14)10(16-6)7-2-3-8(12(17)18)9(13)4-7/h2-5H,1H3,(H2,14,15)(H,17,18). The lowest BCUT2D eigenvalue weighted by atomic mass is 10.1. The molecule has 5 nitrogen and oxygen atoms in total. The topological polar surface area (TPSA) is 89.1 Å². The van der Waals surface area contributed by atoms with Gasteiger partial charge in [0.1, 0.15) is 17.3 Å². The van der Waals surface area contributed by atoms with Crippen LogP contribution in [0.5, 0.6) is 0 Å². The Labute approximate surface area is 102 Å². The van der Waals surface area contributed by atoms with Gasteiger partial charge in [0.05, 0.1) is 17.5 Å². The maximum atomic E-state index is 13.5. The predicted octanol–water partition coefficient (Wildman–Crippen LogP) is 1.87. The Kier molecular flexibility index (Phi) is 2.93. The molecule has 0 aliphatic rings. The second kappa shape index (κ2) is 4.40. The van der Waals surface area contributed by atoms with Crippen molar-refractivity contribution < 1.29 is 14.3 Å². The van der Waals surface area contributed by atoms with E-state index >= 15 is 0 Å². The number of anilines is 1. The van der Waals surface area contributed by atoms with Gasteiger partial charge in [0, 0.05) is 5.56 Å². The average molecular weight is 247 g/mol. The van der Waals surface area contributed by atoms with Crippen LogP contribution in [-0.2, 0) is 0 Å². The van der Waals surface area contributed by atoms with Gasteiger partial charge in [0.2, 0.25) is 0 Å². The highest BCUT2D eigenvalue weighted by molar-refractivity contribution is 5.88. The number of carbonyl (C=O) groups is 1. The van der Waals surface area contributed by atoms with Gasteiger partial charge in [-0.25, -0.2) is 19.2 Å². The number of nitrogens with zero attached hydrogens (tertiary/aromatic N) is 2. The minimum atomic E-state index is -1.32. The van der Waals surface area contributed by atoms with Gasteiger partial charge in [-0.05, 0) is 19.1 Å². The summed E-state index contributed by atoms with van der Waals surface area (Å²) >= 11 is 0. The molecule has 1 heterocycles. The van der Waals surface area contributed by atoms with Crippen LogP contribution in [0, 0.1) is 12.7 Å². The van der Waals surface area contributed by atoms with E-state index < -0.39 is 17.3 Å². The zero-order valence-corrected chi connectivity index (χ0v) is 9.51. The number of halogens is 1. The number of nitrogens with two attached hydrogens (primary N) is 1. The van der Waals surface area contributed by atoms with Crippen LogP contribution in [0.1, 0.15) is 16.1 Å².